The molecule has 0 unspecified atom stereocenters. The van der Waals surface area contributed by atoms with Gasteiger partial charge in [0.15, 0.2) is 0 Å². The highest BCUT2D eigenvalue weighted by Gasteiger charge is 2.32. The summed E-state index contributed by atoms with van der Waals surface area (Å²) >= 11 is 0. The second-order valence-corrected chi connectivity index (χ2v) is 6.43. The van der Waals surface area contributed by atoms with E-state index < -0.39 is 15.9 Å². The number of fused-ring (bicyclic) bond motifs is 1. The molecule has 0 spiro atoms. The minimum atomic E-state index is -3.86. The SMILES string of the molecule is O=C1CN(S(=O)(=O)c2ccc(O)cc2)c2ccccc2N1. The summed E-state index contributed by atoms with van der Waals surface area (Å²) in [4.78, 5) is 11.7. The molecule has 1 aliphatic heterocycles. The van der Waals surface area contributed by atoms with Gasteiger partial charge in [0.2, 0.25) is 5.91 Å². The fourth-order valence-electron chi connectivity index (χ4n) is 2.16. The molecule has 1 amide bonds. The van der Waals surface area contributed by atoms with Crippen LogP contribution >= 0.6 is 0 Å². The Morgan fingerprint density at radius 2 is 1.71 bits per heavy atom. The highest BCUT2D eigenvalue weighted by atomic mass is 32.2. The van der Waals surface area contributed by atoms with Crippen LogP contribution in [0.15, 0.2) is 53.4 Å². The third-order valence-corrected chi connectivity index (χ3v) is 4.93. The number of rotatable bonds is 2. The van der Waals surface area contributed by atoms with Gasteiger partial charge in [0.1, 0.15) is 12.3 Å². The van der Waals surface area contributed by atoms with Crippen molar-refractivity contribution in [3.05, 3.63) is 48.5 Å². The lowest BCUT2D eigenvalue weighted by molar-refractivity contribution is -0.115. The molecule has 6 nitrogen and oxygen atoms in total. The number of carbonyl (C=O) groups is 1. The Hall–Kier alpha value is -2.54. The molecule has 1 heterocycles. The number of hydrogen-bond donors (Lipinski definition) is 2. The molecule has 0 saturated heterocycles. The number of anilines is 2. The van der Waals surface area contributed by atoms with E-state index in [1.54, 1.807) is 24.3 Å². The molecule has 0 saturated carbocycles. The quantitative estimate of drug-likeness (QED) is 0.881. The monoisotopic (exact) mass is 304 g/mol. The van der Waals surface area contributed by atoms with Crippen molar-refractivity contribution in [2.75, 3.05) is 16.2 Å². The molecule has 0 fully saturated rings. The van der Waals surface area contributed by atoms with Crippen molar-refractivity contribution in [1.29, 1.82) is 0 Å². The fraction of sp³-hybridized carbons (Fsp3) is 0.0714. The average Bonchev–Trinajstić information content (AvgIpc) is 2.46. The lowest BCUT2D eigenvalue weighted by atomic mass is 10.2. The predicted octanol–water partition coefficient (Wildman–Crippen LogP) is 1.54. The Morgan fingerprint density at radius 1 is 1.05 bits per heavy atom. The maximum Gasteiger partial charge on any atom is 0.264 e. The van der Waals surface area contributed by atoms with Gasteiger partial charge in [-0.2, -0.15) is 0 Å². The van der Waals surface area contributed by atoms with Gasteiger partial charge in [-0.15, -0.1) is 0 Å². The van der Waals surface area contributed by atoms with Crippen LogP contribution in [-0.4, -0.2) is 26.0 Å². The molecule has 0 aromatic heterocycles. The number of phenolic OH excluding ortho intramolecular Hbond substituents is 1. The second kappa shape index (κ2) is 4.78. The van der Waals surface area contributed by atoms with Crippen molar-refractivity contribution in [2.24, 2.45) is 0 Å². The van der Waals surface area contributed by atoms with E-state index in [-0.39, 0.29) is 17.2 Å². The van der Waals surface area contributed by atoms with Gasteiger partial charge in [-0.05, 0) is 36.4 Å². The summed E-state index contributed by atoms with van der Waals surface area (Å²) in [5.41, 5.74) is 0.876. The Labute approximate surface area is 121 Å². The van der Waals surface area contributed by atoms with Crippen LogP contribution in [0.25, 0.3) is 0 Å². The average molecular weight is 304 g/mol. The van der Waals surface area contributed by atoms with Crippen molar-refractivity contribution >= 4 is 27.3 Å². The van der Waals surface area contributed by atoms with E-state index in [2.05, 4.69) is 5.32 Å². The smallest absolute Gasteiger partial charge is 0.264 e. The van der Waals surface area contributed by atoms with Crippen LogP contribution in [0.5, 0.6) is 5.75 Å². The van der Waals surface area contributed by atoms with E-state index >= 15 is 0 Å². The fourth-order valence-corrected chi connectivity index (χ4v) is 3.60. The lowest BCUT2D eigenvalue weighted by Crippen LogP contribution is -2.42. The number of aromatic hydroxyl groups is 1. The zero-order valence-electron chi connectivity index (χ0n) is 10.9. The predicted molar refractivity (Wildman–Crippen MR) is 77.7 cm³/mol. The molecule has 0 bridgehead atoms. The molecule has 2 aromatic carbocycles. The molecule has 0 aliphatic carbocycles. The van der Waals surface area contributed by atoms with Crippen LogP contribution in [0.4, 0.5) is 11.4 Å². The number of nitrogens with zero attached hydrogens (tertiary/aromatic N) is 1. The topological polar surface area (TPSA) is 86.7 Å². The largest absolute Gasteiger partial charge is 0.508 e. The zero-order valence-corrected chi connectivity index (χ0v) is 11.7. The first-order valence-corrected chi connectivity index (χ1v) is 7.63. The summed E-state index contributed by atoms with van der Waals surface area (Å²) in [6.45, 7) is -0.278. The lowest BCUT2D eigenvalue weighted by Gasteiger charge is -2.30. The van der Waals surface area contributed by atoms with Crippen LogP contribution in [0.2, 0.25) is 0 Å². The Bertz CT molecular complexity index is 800. The summed E-state index contributed by atoms with van der Waals surface area (Å²) in [5.74, 6) is -0.415. The molecule has 2 N–H and O–H groups in total. The van der Waals surface area contributed by atoms with Gasteiger partial charge in [0.25, 0.3) is 10.0 Å². The summed E-state index contributed by atoms with van der Waals surface area (Å²) in [6, 6.07) is 11.9. The highest BCUT2D eigenvalue weighted by Crippen LogP contribution is 2.33. The van der Waals surface area contributed by atoms with Crippen molar-refractivity contribution in [3.8, 4) is 5.75 Å². The zero-order chi connectivity index (χ0) is 15.0. The number of hydrogen-bond acceptors (Lipinski definition) is 4. The van der Waals surface area contributed by atoms with Gasteiger partial charge in [-0.3, -0.25) is 9.10 Å². The van der Waals surface area contributed by atoms with Gasteiger partial charge in [-0.25, -0.2) is 8.42 Å². The van der Waals surface area contributed by atoms with E-state index in [4.69, 9.17) is 0 Å². The number of benzene rings is 2. The van der Waals surface area contributed by atoms with Crippen LogP contribution in [-0.2, 0) is 14.8 Å². The standard InChI is InChI=1S/C14H12N2O4S/c17-10-5-7-11(8-6-10)21(19,20)16-9-14(18)15-12-3-1-2-4-13(12)16/h1-8,17H,9H2,(H,15,18). The van der Waals surface area contributed by atoms with Crippen LogP contribution < -0.4 is 9.62 Å². The van der Waals surface area contributed by atoms with E-state index in [1.807, 2.05) is 0 Å². The third-order valence-electron chi connectivity index (χ3n) is 3.16. The highest BCUT2D eigenvalue weighted by molar-refractivity contribution is 7.92. The molecule has 7 heteroatoms. The van der Waals surface area contributed by atoms with Gasteiger partial charge >= 0.3 is 0 Å². The van der Waals surface area contributed by atoms with Crippen LogP contribution in [0.1, 0.15) is 0 Å². The Kier molecular flexibility index (Phi) is 3.06. The third kappa shape index (κ3) is 2.31. The number of phenols is 1. The molecular formula is C14H12N2O4S. The number of amides is 1. The first-order chi connectivity index (χ1) is 9.98. The minimum absolute atomic E-state index is 0.0183. The van der Waals surface area contributed by atoms with Gasteiger partial charge in [0, 0.05) is 0 Å². The van der Waals surface area contributed by atoms with Crippen LogP contribution in [0.3, 0.4) is 0 Å². The van der Waals surface area contributed by atoms with Crippen molar-refractivity contribution < 1.29 is 18.3 Å². The summed E-state index contributed by atoms with van der Waals surface area (Å²) in [6.07, 6.45) is 0. The molecular weight excluding hydrogens is 292 g/mol. The summed E-state index contributed by atoms with van der Waals surface area (Å²) in [5, 5.41) is 11.9. The maximum absolute atomic E-state index is 12.7. The second-order valence-electron chi connectivity index (χ2n) is 4.57. The Balaban J connectivity index is 2.11. The molecule has 0 atom stereocenters. The van der Waals surface area contributed by atoms with Gasteiger partial charge in [0.05, 0.1) is 16.3 Å². The summed E-state index contributed by atoms with van der Waals surface area (Å²) in [7, 11) is -3.86. The number of para-hydroxylation sites is 2. The van der Waals surface area contributed by atoms with E-state index in [1.165, 1.54) is 24.3 Å². The summed E-state index contributed by atoms with van der Waals surface area (Å²) < 4.78 is 26.4. The van der Waals surface area contributed by atoms with Crippen LogP contribution in [0, 0.1) is 0 Å². The van der Waals surface area contributed by atoms with Crippen molar-refractivity contribution in [3.63, 3.8) is 0 Å². The Morgan fingerprint density at radius 3 is 2.43 bits per heavy atom. The molecule has 1 aliphatic rings. The van der Waals surface area contributed by atoms with Gasteiger partial charge in [-0.1, -0.05) is 12.1 Å². The number of nitrogens with one attached hydrogen (secondary N) is 1. The molecule has 21 heavy (non-hydrogen) atoms. The van der Waals surface area contributed by atoms with E-state index in [0.717, 1.165) is 4.31 Å². The van der Waals surface area contributed by atoms with E-state index in [0.29, 0.717) is 11.4 Å². The normalized spacial score (nSPS) is 14.5. The van der Waals surface area contributed by atoms with Gasteiger partial charge < -0.3 is 10.4 Å². The number of carbonyl (C=O) groups excluding carboxylic acids is 1. The maximum atomic E-state index is 12.7. The van der Waals surface area contributed by atoms with E-state index in [9.17, 15) is 18.3 Å². The molecule has 3 rings (SSSR count). The minimum Gasteiger partial charge on any atom is -0.508 e. The number of sulfonamides is 1. The van der Waals surface area contributed by atoms with Crippen molar-refractivity contribution in [1.82, 2.24) is 0 Å². The first kappa shape index (κ1) is 13.4. The first-order valence-electron chi connectivity index (χ1n) is 6.19. The molecule has 0 radical (unpaired) electrons. The molecule has 108 valence electrons. The van der Waals surface area contributed by atoms with Crippen molar-refractivity contribution in [2.45, 2.75) is 4.90 Å². The molecule has 2 aromatic rings.